The van der Waals surface area contributed by atoms with Gasteiger partial charge in [-0.15, -0.1) is 0 Å². The lowest BCUT2D eigenvalue weighted by molar-refractivity contribution is -0.149. The third-order valence-electron chi connectivity index (χ3n) is 4.48. The monoisotopic (exact) mass is 337 g/mol. The molecular formula is C21H23NO3. The Morgan fingerprint density at radius 3 is 2.44 bits per heavy atom. The topological polar surface area (TPSA) is 46.6 Å². The summed E-state index contributed by atoms with van der Waals surface area (Å²) in [7, 11) is 0. The van der Waals surface area contributed by atoms with Crippen LogP contribution in [0.1, 0.15) is 39.9 Å². The molecule has 3 rings (SSSR count). The fourth-order valence-electron chi connectivity index (χ4n) is 3.34. The van der Waals surface area contributed by atoms with Crippen molar-refractivity contribution in [2.45, 2.75) is 39.3 Å². The molecule has 25 heavy (non-hydrogen) atoms. The quantitative estimate of drug-likeness (QED) is 0.800. The maximum Gasteiger partial charge on any atom is 0.329 e. The Morgan fingerprint density at radius 1 is 1.08 bits per heavy atom. The summed E-state index contributed by atoms with van der Waals surface area (Å²) in [5.41, 5.74) is 3.68. The van der Waals surface area contributed by atoms with Crippen molar-refractivity contribution in [1.29, 1.82) is 0 Å². The summed E-state index contributed by atoms with van der Waals surface area (Å²) in [5, 5.41) is 0. The highest BCUT2D eigenvalue weighted by molar-refractivity contribution is 5.97. The maximum atomic E-state index is 12.9. The number of rotatable bonds is 4. The molecule has 130 valence electrons. The number of aryl methyl sites for hydroxylation is 2. The standard InChI is InChI=1S/C21H23NO3/c1-15-11-16(2)13-18(12-15)20(23)22-10-6-9-19(22)21(24)25-14-17-7-4-3-5-8-17/h3-5,7-8,11-13,19H,6,9-10,14H2,1-2H3/t19-/m0/s1. The van der Waals surface area contributed by atoms with Crippen LogP contribution in [-0.4, -0.2) is 29.4 Å². The Bertz CT molecular complexity index is 750. The van der Waals surface area contributed by atoms with Crippen LogP contribution in [0.2, 0.25) is 0 Å². The Kier molecular flexibility index (Phi) is 5.17. The second kappa shape index (κ2) is 7.51. The minimum absolute atomic E-state index is 0.0917. The van der Waals surface area contributed by atoms with Crippen molar-refractivity contribution in [1.82, 2.24) is 4.90 Å². The van der Waals surface area contributed by atoms with Crippen LogP contribution < -0.4 is 0 Å². The van der Waals surface area contributed by atoms with Gasteiger partial charge < -0.3 is 9.64 Å². The lowest BCUT2D eigenvalue weighted by atomic mass is 10.1. The summed E-state index contributed by atoms with van der Waals surface area (Å²) in [5.74, 6) is -0.412. The maximum absolute atomic E-state index is 12.9. The first-order valence-corrected chi connectivity index (χ1v) is 8.64. The van der Waals surface area contributed by atoms with Gasteiger partial charge in [-0.1, -0.05) is 47.5 Å². The molecule has 0 bridgehead atoms. The van der Waals surface area contributed by atoms with E-state index in [0.29, 0.717) is 18.5 Å². The highest BCUT2D eigenvalue weighted by atomic mass is 16.5. The van der Waals surface area contributed by atoms with Gasteiger partial charge in [0.1, 0.15) is 12.6 Å². The van der Waals surface area contributed by atoms with Crippen molar-refractivity contribution in [3.8, 4) is 0 Å². The summed E-state index contributed by atoms with van der Waals surface area (Å²) in [6.07, 6.45) is 1.48. The molecule has 0 aliphatic carbocycles. The molecule has 0 N–H and O–H groups in total. The predicted octanol–water partition coefficient (Wildman–Crippen LogP) is 3.65. The second-order valence-electron chi connectivity index (χ2n) is 6.63. The van der Waals surface area contributed by atoms with Crippen molar-refractivity contribution < 1.29 is 14.3 Å². The zero-order chi connectivity index (χ0) is 17.8. The van der Waals surface area contributed by atoms with E-state index in [9.17, 15) is 9.59 Å². The molecule has 1 atom stereocenters. The molecule has 0 unspecified atom stereocenters. The number of hydrogen-bond acceptors (Lipinski definition) is 3. The van der Waals surface area contributed by atoms with E-state index in [-0.39, 0.29) is 18.5 Å². The Hall–Kier alpha value is -2.62. The molecule has 4 heteroatoms. The van der Waals surface area contributed by atoms with Gasteiger partial charge in [0.05, 0.1) is 0 Å². The van der Waals surface area contributed by atoms with Gasteiger partial charge in [-0.05, 0) is 44.4 Å². The summed E-state index contributed by atoms with van der Waals surface area (Å²) in [6, 6.07) is 14.9. The third kappa shape index (κ3) is 4.08. The van der Waals surface area contributed by atoms with E-state index in [2.05, 4.69) is 0 Å². The zero-order valence-corrected chi connectivity index (χ0v) is 14.7. The normalized spacial score (nSPS) is 16.7. The first-order chi connectivity index (χ1) is 12.0. The van der Waals surface area contributed by atoms with Crippen molar-refractivity contribution in [2.24, 2.45) is 0 Å². The van der Waals surface area contributed by atoms with Crippen LogP contribution in [-0.2, 0) is 16.1 Å². The molecule has 1 heterocycles. The van der Waals surface area contributed by atoms with E-state index in [1.165, 1.54) is 0 Å². The van der Waals surface area contributed by atoms with E-state index in [1.807, 2.05) is 62.4 Å². The first-order valence-electron chi connectivity index (χ1n) is 8.64. The zero-order valence-electron chi connectivity index (χ0n) is 14.7. The molecule has 1 amide bonds. The van der Waals surface area contributed by atoms with Crippen LogP contribution in [0.4, 0.5) is 0 Å². The average molecular weight is 337 g/mol. The van der Waals surface area contributed by atoms with Crippen molar-refractivity contribution >= 4 is 11.9 Å². The fraction of sp³-hybridized carbons (Fsp3) is 0.333. The Morgan fingerprint density at radius 2 is 1.76 bits per heavy atom. The highest BCUT2D eigenvalue weighted by Gasteiger charge is 2.35. The molecule has 1 aliphatic heterocycles. The highest BCUT2D eigenvalue weighted by Crippen LogP contribution is 2.22. The fourth-order valence-corrected chi connectivity index (χ4v) is 3.34. The Labute approximate surface area is 148 Å². The molecule has 2 aromatic rings. The van der Waals surface area contributed by atoms with E-state index in [1.54, 1.807) is 4.90 Å². The lowest BCUT2D eigenvalue weighted by Crippen LogP contribution is -2.41. The number of amides is 1. The van der Waals surface area contributed by atoms with E-state index < -0.39 is 6.04 Å². The minimum atomic E-state index is -0.489. The number of carbonyl (C=O) groups excluding carboxylic acids is 2. The van der Waals surface area contributed by atoms with Gasteiger partial charge in [-0.25, -0.2) is 4.79 Å². The molecule has 0 aromatic heterocycles. The summed E-state index contributed by atoms with van der Waals surface area (Å²) in [4.78, 5) is 27.0. The van der Waals surface area contributed by atoms with Crippen molar-refractivity contribution in [3.63, 3.8) is 0 Å². The van der Waals surface area contributed by atoms with Gasteiger partial charge in [0.25, 0.3) is 5.91 Å². The van der Waals surface area contributed by atoms with Gasteiger partial charge >= 0.3 is 5.97 Å². The molecule has 1 fully saturated rings. The van der Waals surface area contributed by atoms with Gasteiger partial charge in [0, 0.05) is 12.1 Å². The van der Waals surface area contributed by atoms with Crippen LogP contribution in [0, 0.1) is 13.8 Å². The Balaban J connectivity index is 1.69. The smallest absolute Gasteiger partial charge is 0.329 e. The molecule has 4 nitrogen and oxygen atoms in total. The molecule has 2 aromatic carbocycles. The molecular weight excluding hydrogens is 314 g/mol. The summed E-state index contributed by atoms with van der Waals surface area (Å²) in [6.45, 7) is 4.78. The molecule has 0 radical (unpaired) electrons. The third-order valence-corrected chi connectivity index (χ3v) is 4.48. The van der Waals surface area contributed by atoms with Crippen molar-refractivity contribution in [2.75, 3.05) is 6.54 Å². The second-order valence-corrected chi connectivity index (χ2v) is 6.63. The molecule has 0 saturated carbocycles. The van der Waals surface area contributed by atoms with Crippen LogP contribution in [0.5, 0.6) is 0 Å². The molecule has 0 spiro atoms. The number of hydrogen-bond donors (Lipinski definition) is 0. The molecule has 1 saturated heterocycles. The van der Waals surface area contributed by atoms with Crippen LogP contribution in [0.25, 0.3) is 0 Å². The number of esters is 1. The lowest BCUT2D eigenvalue weighted by Gasteiger charge is -2.23. The van der Waals surface area contributed by atoms with Gasteiger partial charge in [0.2, 0.25) is 0 Å². The van der Waals surface area contributed by atoms with Crippen LogP contribution in [0.15, 0.2) is 48.5 Å². The number of nitrogens with zero attached hydrogens (tertiary/aromatic N) is 1. The number of benzene rings is 2. The van der Waals surface area contributed by atoms with Crippen molar-refractivity contribution in [3.05, 3.63) is 70.8 Å². The first kappa shape index (κ1) is 17.2. The average Bonchev–Trinajstić information content (AvgIpc) is 3.09. The molecule has 1 aliphatic rings. The van der Waals surface area contributed by atoms with Gasteiger partial charge in [-0.3, -0.25) is 4.79 Å². The van der Waals surface area contributed by atoms with Gasteiger partial charge in [0.15, 0.2) is 0 Å². The van der Waals surface area contributed by atoms with Crippen LogP contribution in [0.3, 0.4) is 0 Å². The number of ether oxygens (including phenoxy) is 1. The number of likely N-dealkylation sites (tertiary alicyclic amines) is 1. The van der Waals surface area contributed by atoms with E-state index >= 15 is 0 Å². The summed E-state index contributed by atoms with van der Waals surface area (Å²) < 4.78 is 5.44. The minimum Gasteiger partial charge on any atom is -0.459 e. The SMILES string of the molecule is Cc1cc(C)cc(C(=O)N2CCC[C@H]2C(=O)OCc2ccccc2)c1. The van der Waals surface area contributed by atoms with Crippen LogP contribution >= 0.6 is 0 Å². The largest absolute Gasteiger partial charge is 0.459 e. The predicted molar refractivity (Wildman–Crippen MR) is 96.2 cm³/mol. The summed E-state index contributed by atoms with van der Waals surface area (Å²) >= 11 is 0. The number of carbonyl (C=O) groups is 2. The van der Waals surface area contributed by atoms with E-state index in [4.69, 9.17) is 4.74 Å². The van der Waals surface area contributed by atoms with Gasteiger partial charge in [-0.2, -0.15) is 0 Å². The van der Waals surface area contributed by atoms with E-state index in [0.717, 1.165) is 23.1 Å².